The van der Waals surface area contributed by atoms with E-state index in [0.29, 0.717) is 17.7 Å². The molecule has 0 aromatic carbocycles. The lowest BCUT2D eigenvalue weighted by molar-refractivity contribution is -0.141. The van der Waals surface area contributed by atoms with Gasteiger partial charge in [-0.2, -0.15) is 0 Å². The fourth-order valence-electron chi connectivity index (χ4n) is 3.47. The second-order valence-corrected chi connectivity index (χ2v) is 5.28. The normalized spacial score (nSPS) is 41.5. The second-order valence-electron chi connectivity index (χ2n) is 5.28. The maximum absolute atomic E-state index is 12.0. The minimum atomic E-state index is 0.248. The van der Waals surface area contributed by atoms with Crippen molar-refractivity contribution in [1.82, 2.24) is 4.90 Å². The van der Waals surface area contributed by atoms with Gasteiger partial charge in [-0.15, -0.1) is 0 Å². The molecule has 1 aliphatic heterocycles. The Morgan fingerprint density at radius 1 is 1.21 bits per heavy atom. The van der Waals surface area contributed by atoms with Crippen LogP contribution in [0.2, 0.25) is 0 Å². The topological polar surface area (TPSA) is 46.3 Å². The van der Waals surface area contributed by atoms with E-state index in [0.717, 1.165) is 25.4 Å². The zero-order chi connectivity index (χ0) is 9.71. The van der Waals surface area contributed by atoms with E-state index < -0.39 is 0 Å². The first-order chi connectivity index (χ1) is 6.74. The molecule has 0 aromatic heterocycles. The molecule has 3 fully saturated rings. The van der Waals surface area contributed by atoms with Crippen molar-refractivity contribution < 1.29 is 4.79 Å². The van der Waals surface area contributed by atoms with E-state index in [2.05, 4.69) is 0 Å². The van der Waals surface area contributed by atoms with Crippen molar-refractivity contribution in [2.45, 2.75) is 31.7 Å². The molecule has 0 aromatic rings. The van der Waals surface area contributed by atoms with E-state index in [-0.39, 0.29) is 6.04 Å². The number of fused-ring (bicyclic) bond motifs is 2. The summed E-state index contributed by atoms with van der Waals surface area (Å²) in [5.41, 5.74) is 5.69. The molecule has 2 saturated carbocycles. The minimum absolute atomic E-state index is 0.248. The first kappa shape index (κ1) is 8.72. The van der Waals surface area contributed by atoms with Crippen molar-refractivity contribution in [2.75, 3.05) is 13.1 Å². The third-order valence-corrected chi connectivity index (χ3v) is 4.28. The molecular weight excluding hydrogens is 176 g/mol. The van der Waals surface area contributed by atoms with Crippen LogP contribution in [0.15, 0.2) is 0 Å². The van der Waals surface area contributed by atoms with Crippen LogP contribution in [0.3, 0.4) is 0 Å². The standard InChI is InChI=1S/C11H18N2O/c12-9-5-13(6-9)11(14)10-4-7-1-2-8(10)3-7/h7-10H,1-6,12H2. The Morgan fingerprint density at radius 3 is 2.50 bits per heavy atom. The van der Waals surface area contributed by atoms with Crippen molar-refractivity contribution >= 4 is 5.91 Å². The Bertz CT molecular complexity index is 260. The molecule has 3 heteroatoms. The van der Waals surface area contributed by atoms with Gasteiger partial charge < -0.3 is 10.6 Å². The molecule has 0 spiro atoms. The average molecular weight is 194 g/mol. The molecule has 1 amide bonds. The Labute approximate surface area is 84.6 Å². The lowest BCUT2D eigenvalue weighted by Gasteiger charge is -2.39. The van der Waals surface area contributed by atoms with Gasteiger partial charge in [-0.1, -0.05) is 6.42 Å². The van der Waals surface area contributed by atoms with Crippen LogP contribution in [0.4, 0.5) is 0 Å². The molecule has 2 N–H and O–H groups in total. The summed E-state index contributed by atoms with van der Waals surface area (Å²) in [6.07, 6.45) is 5.14. The molecule has 2 bridgehead atoms. The lowest BCUT2D eigenvalue weighted by atomic mass is 9.87. The summed E-state index contributed by atoms with van der Waals surface area (Å²) in [6, 6.07) is 0.248. The van der Waals surface area contributed by atoms with Crippen LogP contribution in [0, 0.1) is 17.8 Å². The molecule has 3 atom stereocenters. The van der Waals surface area contributed by atoms with Gasteiger partial charge >= 0.3 is 0 Å². The number of carbonyl (C=O) groups is 1. The van der Waals surface area contributed by atoms with Crippen LogP contribution in [-0.2, 0) is 4.79 Å². The van der Waals surface area contributed by atoms with E-state index in [1.165, 1.54) is 19.3 Å². The Balaban J connectivity index is 1.63. The molecule has 3 unspecified atom stereocenters. The quantitative estimate of drug-likeness (QED) is 0.664. The molecule has 2 aliphatic carbocycles. The second kappa shape index (κ2) is 2.96. The number of amides is 1. The van der Waals surface area contributed by atoms with E-state index in [4.69, 9.17) is 5.73 Å². The van der Waals surface area contributed by atoms with Gasteiger partial charge in [-0.05, 0) is 31.1 Å². The highest BCUT2D eigenvalue weighted by Crippen LogP contribution is 2.49. The molecular formula is C11H18N2O. The zero-order valence-electron chi connectivity index (χ0n) is 8.48. The van der Waals surface area contributed by atoms with Crippen LogP contribution in [0.1, 0.15) is 25.7 Å². The first-order valence-electron chi connectivity index (χ1n) is 5.78. The fraction of sp³-hybridized carbons (Fsp3) is 0.909. The third-order valence-electron chi connectivity index (χ3n) is 4.28. The Morgan fingerprint density at radius 2 is 2.00 bits per heavy atom. The number of nitrogens with zero attached hydrogens (tertiary/aromatic N) is 1. The number of likely N-dealkylation sites (tertiary alicyclic amines) is 1. The average Bonchev–Trinajstić information content (AvgIpc) is 2.72. The molecule has 1 heterocycles. The van der Waals surface area contributed by atoms with Gasteiger partial charge in [-0.3, -0.25) is 4.79 Å². The third kappa shape index (κ3) is 1.18. The van der Waals surface area contributed by atoms with Crippen molar-refractivity contribution in [3.05, 3.63) is 0 Å². The first-order valence-corrected chi connectivity index (χ1v) is 5.78. The summed E-state index contributed by atoms with van der Waals surface area (Å²) in [7, 11) is 0. The van der Waals surface area contributed by atoms with Crippen LogP contribution < -0.4 is 5.73 Å². The maximum Gasteiger partial charge on any atom is 0.226 e. The highest BCUT2D eigenvalue weighted by atomic mass is 16.2. The van der Waals surface area contributed by atoms with Crippen LogP contribution >= 0.6 is 0 Å². The molecule has 1 saturated heterocycles. The van der Waals surface area contributed by atoms with Gasteiger partial charge in [0.1, 0.15) is 0 Å². The van der Waals surface area contributed by atoms with Gasteiger partial charge in [0.05, 0.1) is 0 Å². The van der Waals surface area contributed by atoms with Crippen LogP contribution in [-0.4, -0.2) is 29.9 Å². The van der Waals surface area contributed by atoms with Crippen molar-refractivity contribution in [3.8, 4) is 0 Å². The number of carbonyl (C=O) groups excluding carboxylic acids is 1. The summed E-state index contributed by atoms with van der Waals surface area (Å²) in [4.78, 5) is 14.0. The summed E-state index contributed by atoms with van der Waals surface area (Å²) >= 11 is 0. The van der Waals surface area contributed by atoms with Gasteiger partial charge in [0.2, 0.25) is 5.91 Å². The predicted molar refractivity (Wildman–Crippen MR) is 53.5 cm³/mol. The van der Waals surface area contributed by atoms with Gasteiger partial charge in [-0.25, -0.2) is 0 Å². The van der Waals surface area contributed by atoms with Crippen molar-refractivity contribution in [3.63, 3.8) is 0 Å². The molecule has 0 radical (unpaired) electrons. The van der Waals surface area contributed by atoms with Gasteiger partial charge in [0, 0.05) is 25.0 Å². The molecule has 14 heavy (non-hydrogen) atoms. The zero-order valence-corrected chi connectivity index (χ0v) is 8.48. The molecule has 3 rings (SSSR count). The Hall–Kier alpha value is -0.570. The number of nitrogens with two attached hydrogens (primary N) is 1. The summed E-state index contributed by atoms with van der Waals surface area (Å²) in [5, 5.41) is 0. The molecule has 3 nitrogen and oxygen atoms in total. The number of rotatable bonds is 1. The van der Waals surface area contributed by atoms with Gasteiger partial charge in [0.15, 0.2) is 0 Å². The largest absolute Gasteiger partial charge is 0.339 e. The smallest absolute Gasteiger partial charge is 0.226 e. The molecule has 3 aliphatic rings. The maximum atomic E-state index is 12.0. The summed E-state index contributed by atoms with van der Waals surface area (Å²) in [5.74, 6) is 2.34. The number of hydrogen-bond acceptors (Lipinski definition) is 2. The highest BCUT2D eigenvalue weighted by Gasteiger charge is 2.45. The van der Waals surface area contributed by atoms with Crippen LogP contribution in [0.5, 0.6) is 0 Å². The summed E-state index contributed by atoms with van der Waals surface area (Å²) < 4.78 is 0. The van der Waals surface area contributed by atoms with Crippen molar-refractivity contribution in [2.24, 2.45) is 23.5 Å². The van der Waals surface area contributed by atoms with Gasteiger partial charge in [0.25, 0.3) is 0 Å². The predicted octanol–water partition coefficient (Wildman–Crippen LogP) is 0.592. The van der Waals surface area contributed by atoms with E-state index in [9.17, 15) is 4.79 Å². The minimum Gasteiger partial charge on any atom is -0.339 e. The van der Waals surface area contributed by atoms with E-state index >= 15 is 0 Å². The van der Waals surface area contributed by atoms with E-state index in [1.807, 2.05) is 4.90 Å². The van der Waals surface area contributed by atoms with Crippen molar-refractivity contribution in [1.29, 1.82) is 0 Å². The molecule has 78 valence electrons. The highest BCUT2D eigenvalue weighted by molar-refractivity contribution is 5.80. The fourth-order valence-corrected chi connectivity index (χ4v) is 3.47. The van der Waals surface area contributed by atoms with Crippen LogP contribution in [0.25, 0.3) is 0 Å². The summed E-state index contributed by atoms with van der Waals surface area (Å²) in [6.45, 7) is 1.60. The number of hydrogen-bond donors (Lipinski definition) is 1. The monoisotopic (exact) mass is 194 g/mol. The lowest BCUT2D eigenvalue weighted by Crippen LogP contribution is -2.59. The SMILES string of the molecule is NC1CN(C(=O)C2CC3CCC2C3)C1. The Kier molecular flexibility index (Phi) is 1.84. The van der Waals surface area contributed by atoms with E-state index in [1.54, 1.807) is 0 Å².